The highest BCUT2D eigenvalue weighted by Gasteiger charge is 2.09. The number of nitrogens with zero attached hydrogens (tertiary/aromatic N) is 2. The first-order valence-electron chi connectivity index (χ1n) is 4.80. The molecule has 2 rings (SSSR count). The summed E-state index contributed by atoms with van der Waals surface area (Å²) in [5.41, 5.74) is 2.26. The van der Waals surface area contributed by atoms with Crippen molar-refractivity contribution in [3.8, 4) is 0 Å². The molecule has 0 atom stereocenters. The average Bonchev–Trinajstić information content (AvgIpc) is 2.44. The van der Waals surface area contributed by atoms with Gasteiger partial charge in [-0.2, -0.15) is 0 Å². The van der Waals surface area contributed by atoms with Crippen LogP contribution in [0.2, 0.25) is 0 Å². The van der Waals surface area contributed by atoms with E-state index in [0.717, 1.165) is 12.1 Å². The Labute approximate surface area is 97.5 Å². The summed E-state index contributed by atoms with van der Waals surface area (Å²) in [7, 11) is 0. The van der Waals surface area contributed by atoms with Crippen molar-refractivity contribution in [2.45, 2.75) is 20.3 Å². The van der Waals surface area contributed by atoms with E-state index >= 15 is 0 Å². The van der Waals surface area contributed by atoms with Crippen LogP contribution in [0.3, 0.4) is 0 Å². The van der Waals surface area contributed by atoms with E-state index in [4.69, 9.17) is 0 Å². The minimum Gasteiger partial charge on any atom is -0.295 e. The van der Waals surface area contributed by atoms with Gasteiger partial charge in [-0.3, -0.25) is 4.40 Å². The van der Waals surface area contributed by atoms with Crippen molar-refractivity contribution in [3.63, 3.8) is 0 Å². The maximum atomic E-state index is 4.61. The molecule has 0 amide bonds. The fraction of sp³-hybridized carbons (Fsp3) is 0.364. The van der Waals surface area contributed by atoms with Crippen LogP contribution < -0.4 is 0 Å². The number of fused-ring (bicyclic) bond motifs is 1. The highest BCUT2D eigenvalue weighted by Crippen LogP contribution is 2.17. The van der Waals surface area contributed by atoms with Crippen molar-refractivity contribution >= 4 is 28.2 Å². The lowest BCUT2D eigenvalue weighted by atomic mass is 10.1. The molecule has 3 heteroatoms. The molecule has 0 bridgehead atoms. The molecule has 0 saturated carbocycles. The van der Waals surface area contributed by atoms with Crippen LogP contribution in [0.15, 0.2) is 24.4 Å². The summed E-state index contributed by atoms with van der Waals surface area (Å²) in [6, 6.07) is 6.11. The predicted molar refractivity (Wildman–Crippen MR) is 66.5 cm³/mol. The molecule has 0 radical (unpaired) electrons. The average molecular weight is 300 g/mol. The SMILES string of the molecule is CC(C)Cc1nc2ccccn2c1I. The van der Waals surface area contributed by atoms with E-state index < -0.39 is 0 Å². The van der Waals surface area contributed by atoms with Crippen LogP contribution in [0, 0.1) is 9.62 Å². The molecule has 74 valence electrons. The lowest BCUT2D eigenvalue weighted by molar-refractivity contribution is 0.635. The van der Waals surface area contributed by atoms with Gasteiger partial charge >= 0.3 is 0 Å². The summed E-state index contributed by atoms with van der Waals surface area (Å²) in [6.07, 6.45) is 3.12. The Hall–Kier alpha value is -0.580. The molecule has 2 aromatic heterocycles. The fourth-order valence-corrected chi connectivity index (χ4v) is 2.28. The second-order valence-electron chi connectivity index (χ2n) is 3.88. The highest BCUT2D eigenvalue weighted by molar-refractivity contribution is 14.1. The van der Waals surface area contributed by atoms with Gasteiger partial charge in [-0.05, 0) is 47.1 Å². The second-order valence-corrected chi connectivity index (χ2v) is 4.90. The zero-order valence-corrected chi connectivity index (χ0v) is 10.5. The van der Waals surface area contributed by atoms with E-state index in [-0.39, 0.29) is 0 Å². The molecular weight excluding hydrogens is 287 g/mol. The summed E-state index contributed by atoms with van der Waals surface area (Å²) in [6.45, 7) is 4.44. The van der Waals surface area contributed by atoms with Crippen LogP contribution in [0.5, 0.6) is 0 Å². The molecule has 0 saturated heterocycles. The Morgan fingerprint density at radius 3 is 2.86 bits per heavy atom. The Bertz CT molecular complexity index is 445. The minimum atomic E-state index is 0.661. The molecule has 0 aliphatic rings. The summed E-state index contributed by atoms with van der Waals surface area (Å²) < 4.78 is 3.38. The van der Waals surface area contributed by atoms with Crippen LogP contribution in [0.4, 0.5) is 0 Å². The van der Waals surface area contributed by atoms with Crippen molar-refractivity contribution < 1.29 is 0 Å². The first-order valence-corrected chi connectivity index (χ1v) is 5.88. The van der Waals surface area contributed by atoms with Crippen molar-refractivity contribution in [3.05, 3.63) is 33.8 Å². The van der Waals surface area contributed by atoms with E-state index in [0.29, 0.717) is 5.92 Å². The molecule has 0 N–H and O–H groups in total. The number of imidazole rings is 1. The topological polar surface area (TPSA) is 17.3 Å². The largest absolute Gasteiger partial charge is 0.295 e. The molecule has 0 aromatic carbocycles. The lowest BCUT2D eigenvalue weighted by Gasteiger charge is -2.00. The number of hydrogen-bond donors (Lipinski definition) is 0. The maximum absolute atomic E-state index is 4.61. The van der Waals surface area contributed by atoms with E-state index in [2.05, 4.69) is 52.0 Å². The minimum absolute atomic E-state index is 0.661. The van der Waals surface area contributed by atoms with Gasteiger partial charge in [0.15, 0.2) is 0 Å². The van der Waals surface area contributed by atoms with Gasteiger partial charge in [0.2, 0.25) is 0 Å². The van der Waals surface area contributed by atoms with Gasteiger partial charge in [0.25, 0.3) is 0 Å². The summed E-state index contributed by atoms with van der Waals surface area (Å²) in [5, 5.41) is 0. The van der Waals surface area contributed by atoms with Crippen molar-refractivity contribution in [2.75, 3.05) is 0 Å². The monoisotopic (exact) mass is 300 g/mol. The molecule has 2 heterocycles. The summed E-state index contributed by atoms with van der Waals surface area (Å²) in [4.78, 5) is 4.61. The molecule has 0 aliphatic heterocycles. The van der Waals surface area contributed by atoms with E-state index in [9.17, 15) is 0 Å². The van der Waals surface area contributed by atoms with E-state index in [1.165, 1.54) is 9.39 Å². The third-order valence-corrected chi connectivity index (χ3v) is 3.28. The number of hydrogen-bond acceptors (Lipinski definition) is 1. The zero-order valence-electron chi connectivity index (χ0n) is 8.37. The van der Waals surface area contributed by atoms with Gasteiger partial charge < -0.3 is 0 Å². The smallest absolute Gasteiger partial charge is 0.137 e. The van der Waals surface area contributed by atoms with Gasteiger partial charge in [0.05, 0.1) is 5.69 Å². The van der Waals surface area contributed by atoms with Crippen molar-refractivity contribution in [1.82, 2.24) is 9.38 Å². The van der Waals surface area contributed by atoms with E-state index in [1.54, 1.807) is 0 Å². The van der Waals surface area contributed by atoms with Crippen LogP contribution in [0.25, 0.3) is 5.65 Å². The lowest BCUT2D eigenvalue weighted by Crippen LogP contribution is -1.96. The number of rotatable bonds is 2. The van der Waals surface area contributed by atoms with Gasteiger partial charge in [0, 0.05) is 6.20 Å². The molecule has 2 nitrogen and oxygen atoms in total. The molecular formula is C11H13IN2. The van der Waals surface area contributed by atoms with Gasteiger partial charge in [-0.15, -0.1) is 0 Å². The normalized spacial score (nSPS) is 11.4. The van der Waals surface area contributed by atoms with Gasteiger partial charge in [-0.1, -0.05) is 19.9 Å². The zero-order chi connectivity index (χ0) is 10.1. The van der Waals surface area contributed by atoms with Crippen LogP contribution in [-0.4, -0.2) is 9.38 Å². The molecule has 0 aliphatic carbocycles. The number of halogens is 1. The first-order chi connectivity index (χ1) is 6.68. The predicted octanol–water partition coefficient (Wildman–Crippen LogP) is 3.14. The first kappa shape index (κ1) is 9.96. The molecule has 0 spiro atoms. The van der Waals surface area contributed by atoms with Crippen LogP contribution >= 0.6 is 22.6 Å². The third-order valence-electron chi connectivity index (χ3n) is 2.14. The fourth-order valence-electron chi connectivity index (χ4n) is 1.53. The quantitative estimate of drug-likeness (QED) is 0.779. The Kier molecular flexibility index (Phi) is 2.76. The standard InChI is InChI=1S/C11H13IN2/c1-8(2)7-9-11(12)14-6-4-3-5-10(14)13-9/h3-6,8H,7H2,1-2H3. The molecule has 0 unspecified atom stereocenters. The van der Waals surface area contributed by atoms with Crippen LogP contribution in [-0.2, 0) is 6.42 Å². The second kappa shape index (κ2) is 3.88. The highest BCUT2D eigenvalue weighted by atomic mass is 127. The number of aromatic nitrogens is 2. The van der Waals surface area contributed by atoms with Crippen molar-refractivity contribution in [2.24, 2.45) is 5.92 Å². The Balaban J connectivity index is 2.51. The summed E-state index contributed by atoms with van der Waals surface area (Å²) >= 11 is 2.37. The van der Waals surface area contributed by atoms with Gasteiger partial charge in [0.1, 0.15) is 9.35 Å². The maximum Gasteiger partial charge on any atom is 0.137 e. The van der Waals surface area contributed by atoms with Gasteiger partial charge in [-0.25, -0.2) is 4.98 Å². The van der Waals surface area contributed by atoms with E-state index in [1.807, 2.05) is 18.2 Å². The Morgan fingerprint density at radius 2 is 2.21 bits per heavy atom. The molecule has 0 fully saturated rings. The van der Waals surface area contributed by atoms with Crippen molar-refractivity contribution in [1.29, 1.82) is 0 Å². The third kappa shape index (κ3) is 1.78. The Morgan fingerprint density at radius 1 is 1.43 bits per heavy atom. The summed E-state index contributed by atoms with van der Waals surface area (Å²) in [5.74, 6) is 0.661. The van der Waals surface area contributed by atoms with Crippen LogP contribution in [0.1, 0.15) is 19.5 Å². The number of pyridine rings is 1. The molecule has 14 heavy (non-hydrogen) atoms. The molecule has 2 aromatic rings.